The summed E-state index contributed by atoms with van der Waals surface area (Å²) >= 11 is 0. The zero-order chi connectivity index (χ0) is 26.5. The monoisotopic (exact) mass is 518 g/mol. The van der Waals surface area contributed by atoms with Gasteiger partial charge in [0.1, 0.15) is 11.9 Å². The van der Waals surface area contributed by atoms with Crippen LogP contribution in [-0.4, -0.2) is 40.4 Å². The van der Waals surface area contributed by atoms with Crippen molar-refractivity contribution < 1.29 is 18.3 Å². The Labute approximate surface area is 224 Å². The van der Waals surface area contributed by atoms with Crippen LogP contribution in [0.25, 0.3) is 0 Å². The van der Waals surface area contributed by atoms with Crippen molar-refractivity contribution in [3.05, 3.63) is 101 Å². The first-order chi connectivity index (χ1) is 18.5. The Morgan fingerprint density at radius 3 is 2.21 bits per heavy atom. The lowest BCUT2D eigenvalue weighted by molar-refractivity contribution is 0.0349. The molecule has 5 rings (SSSR count). The van der Waals surface area contributed by atoms with E-state index in [-0.39, 0.29) is 29.8 Å². The van der Waals surface area contributed by atoms with Gasteiger partial charge in [0.05, 0.1) is 0 Å². The van der Waals surface area contributed by atoms with Gasteiger partial charge in [-0.05, 0) is 61.2 Å². The van der Waals surface area contributed by atoms with Gasteiger partial charge in [-0.2, -0.15) is 0 Å². The maximum Gasteiger partial charge on any atom is 0.254 e. The highest BCUT2D eigenvalue weighted by molar-refractivity contribution is 5.95. The summed E-state index contributed by atoms with van der Waals surface area (Å²) in [6, 6.07) is 22.1. The normalized spacial score (nSPS) is 20.6. The van der Waals surface area contributed by atoms with Crippen LogP contribution in [0.2, 0.25) is 0 Å². The summed E-state index contributed by atoms with van der Waals surface area (Å²) in [5, 5.41) is 0. The number of fused-ring (bicyclic) bond motifs is 2. The van der Waals surface area contributed by atoms with Crippen molar-refractivity contribution in [2.45, 2.75) is 76.7 Å². The number of carbonyl (C=O) groups is 1. The molecule has 0 spiro atoms. The maximum absolute atomic E-state index is 14.1. The molecule has 200 valence electrons. The zero-order valence-electron chi connectivity index (χ0n) is 22.0. The molecule has 2 aliphatic heterocycles. The minimum atomic E-state index is -0.687. The molecule has 6 heteroatoms. The largest absolute Gasteiger partial charge is 0.487 e. The number of ether oxygens (including phenoxy) is 1. The Morgan fingerprint density at radius 1 is 0.921 bits per heavy atom. The topological polar surface area (TPSA) is 32.8 Å². The van der Waals surface area contributed by atoms with Crippen LogP contribution in [0.1, 0.15) is 66.9 Å². The van der Waals surface area contributed by atoms with Gasteiger partial charge in [0.25, 0.3) is 5.91 Å². The van der Waals surface area contributed by atoms with Gasteiger partial charge in [0.2, 0.25) is 0 Å². The molecule has 2 bridgehead atoms. The summed E-state index contributed by atoms with van der Waals surface area (Å²) in [7, 11) is 0. The first kappa shape index (κ1) is 26.4. The summed E-state index contributed by atoms with van der Waals surface area (Å²) in [4.78, 5) is 18.0. The predicted molar refractivity (Wildman–Crippen MR) is 145 cm³/mol. The summed E-state index contributed by atoms with van der Waals surface area (Å²) in [6.07, 6.45) is 5.28. The lowest BCUT2D eigenvalue weighted by atomic mass is 9.98. The van der Waals surface area contributed by atoms with Gasteiger partial charge >= 0.3 is 0 Å². The van der Waals surface area contributed by atoms with Gasteiger partial charge < -0.3 is 9.64 Å². The van der Waals surface area contributed by atoms with Crippen molar-refractivity contribution >= 4 is 5.91 Å². The molecule has 3 aromatic rings. The fraction of sp³-hybridized carbons (Fsp3) is 0.406. The molecule has 0 radical (unpaired) electrons. The van der Waals surface area contributed by atoms with Crippen LogP contribution < -0.4 is 4.74 Å². The van der Waals surface area contributed by atoms with E-state index >= 15 is 0 Å². The molecule has 0 aliphatic carbocycles. The molecule has 2 aliphatic rings. The Bertz CT molecular complexity index is 1200. The van der Waals surface area contributed by atoms with Gasteiger partial charge in [-0.1, -0.05) is 55.8 Å². The molecule has 2 fully saturated rings. The van der Waals surface area contributed by atoms with Crippen molar-refractivity contribution in [3.63, 3.8) is 0 Å². The average Bonchev–Trinajstić information content (AvgIpc) is 3.19. The highest BCUT2D eigenvalue weighted by Crippen LogP contribution is 2.38. The lowest BCUT2D eigenvalue weighted by Gasteiger charge is -2.39. The molecule has 1 amide bonds. The molecule has 2 heterocycles. The highest BCUT2D eigenvalue weighted by atomic mass is 19.1. The van der Waals surface area contributed by atoms with Gasteiger partial charge in [-0.25, -0.2) is 8.78 Å². The van der Waals surface area contributed by atoms with E-state index in [1.807, 2.05) is 23.1 Å². The number of benzene rings is 3. The third-order valence-electron chi connectivity index (χ3n) is 7.80. The molecule has 38 heavy (non-hydrogen) atoms. The van der Waals surface area contributed by atoms with E-state index in [1.165, 1.54) is 23.3 Å². The first-order valence-electron chi connectivity index (χ1n) is 13.8. The zero-order valence-corrected chi connectivity index (χ0v) is 22.0. The number of carbonyl (C=O) groups excluding carboxylic acids is 1. The van der Waals surface area contributed by atoms with Gasteiger partial charge in [-0.15, -0.1) is 0 Å². The van der Waals surface area contributed by atoms with E-state index in [4.69, 9.17) is 4.74 Å². The van der Waals surface area contributed by atoms with Crippen molar-refractivity contribution in [2.24, 2.45) is 0 Å². The Balaban J connectivity index is 1.21. The standard InChI is InChI=1S/C32H36F2N2O2/c1-2-3-17-35(21-23-7-5-4-6-8-23)22-24-9-11-25(12-10-24)32(37)36-27-14-15-28(36)20-29(19-27)38-31-16-13-26(33)18-30(31)34/h4-13,16,18,27-29H,2-3,14-15,17,19-22H2,1H3. The molecule has 2 saturated heterocycles. The van der Waals surface area contributed by atoms with Gasteiger partial charge in [0, 0.05) is 49.6 Å². The second-order valence-electron chi connectivity index (χ2n) is 10.6. The predicted octanol–water partition coefficient (Wildman–Crippen LogP) is 6.98. The molecular weight excluding hydrogens is 482 g/mol. The maximum atomic E-state index is 14.1. The van der Waals surface area contributed by atoms with Crippen LogP contribution in [0.15, 0.2) is 72.8 Å². The third kappa shape index (κ3) is 6.24. The van der Waals surface area contributed by atoms with Crippen molar-refractivity contribution in [1.82, 2.24) is 9.80 Å². The van der Waals surface area contributed by atoms with Crippen LogP contribution in [-0.2, 0) is 13.1 Å². The molecule has 0 saturated carbocycles. The molecular formula is C32H36F2N2O2. The van der Waals surface area contributed by atoms with E-state index < -0.39 is 11.6 Å². The SMILES string of the molecule is CCCCN(Cc1ccccc1)Cc1ccc(C(=O)N2C3CCC2CC(Oc2ccc(F)cc2F)C3)cc1. The van der Waals surface area contributed by atoms with Crippen LogP contribution in [0.4, 0.5) is 8.78 Å². The number of unbranched alkanes of at least 4 members (excludes halogenated alkanes) is 1. The van der Waals surface area contributed by atoms with E-state index in [0.29, 0.717) is 18.4 Å². The second-order valence-corrected chi connectivity index (χ2v) is 10.6. The van der Waals surface area contributed by atoms with Gasteiger partial charge in [-0.3, -0.25) is 9.69 Å². The number of rotatable bonds is 10. The fourth-order valence-electron chi connectivity index (χ4n) is 5.90. The molecule has 0 aromatic heterocycles. The number of piperidine rings is 1. The average molecular weight is 519 g/mol. The molecule has 0 N–H and O–H groups in total. The molecule has 4 nitrogen and oxygen atoms in total. The molecule has 2 atom stereocenters. The van der Waals surface area contributed by atoms with Crippen LogP contribution in [0.3, 0.4) is 0 Å². The van der Waals surface area contributed by atoms with Crippen molar-refractivity contribution in [3.8, 4) is 5.75 Å². The van der Waals surface area contributed by atoms with E-state index in [1.54, 1.807) is 0 Å². The number of hydrogen-bond acceptors (Lipinski definition) is 3. The number of hydrogen-bond donors (Lipinski definition) is 0. The minimum Gasteiger partial charge on any atom is -0.487 e. The van der Waals surface area contributed by atoms with Crippen LogP contribution in [0, 0.1) is 11.6 Å². The molecule has 2 unspecified atom stereocenters. The van der Waals surface area contributed by atoms with E-state index in [2.05, 4.69) is 48.2 Å². The quantitative estimate of drug-likeness (QED) is 0.290. The summed E-state index contributed by atoms with van der Waals surface area (Å²) < 4.78 is 33.2. The Kier molecular flexibility index (Phi) is 8.38. The smallest absolute Gasteiger partial charge is 0.254 e. The summed E-state index contributed by atoms with van der Waals surface area (Å²) in [5.74, 6) is -1.17. The lowest BCUT2D eigenvalue weighted by Crippen LogP contribution is -2.49. The first-order valence-corrected chi connectivity index (χ1v) is 13.8. The number of nitrogens with zero attached hydrogens (tertiary/aromatic N) is 2. The van der Waals surface area contributed by atoms with Crippen molar-refractivity contribution in [2.75, 3.05) is 6.54 Å². The number of halogens is 2. The second kappa shape index (κ2) is 12.1. The number of amides is 1. The fourth-order valence-corrected chi connectivity index (χ4v) is 5.90. The van der Waals surface area contributed by atoms with E-state index in [9.17, 15) is 13.6 Å². The Morgan fingerprint density at radius 2 is 1.58 bits per heavy atom. The van der Waals surface area contributed by atoms with Crippen LogP contribution >= 0.6 is 0 Å². The van der Waals surface area contributed by atoms with Gasteiger partial charge in [0.15, 0.2) is 11.6 Å². The Hall–Kier alpha value is -3.25. The molecule has 3 aromatic carbocycles. The minimum absolute atomic E-state index is 0.0580. The van der Waals surface area contributed by atoms with E-state index in [0.717, 1.165) is 51.4 Å². The third-order valence-corrected chi connectivity index (χ3v) is 7.80. The van der Waals surface area contributed by atoms with Crippen molar-refractivity contribution in [1.29, 1.82) is 0 Å². The summed E-state index contributed by atoms with van der Waals surface area (Å²) in [6.45, 7) is 5.00. The highest BCUT2D eigenvalue weighted by Gasteiger charge is 2.44. The van der Waals surface area contributed by atoms with Crippen LogP contribution in [0.5, 0.6) is 5.75 Å². The summed E-state index contributed by atoms with van der Waals surface area (Å²) in [5.41, 5.74) is 3.21.